The van der Waals surface area contributed by atoms with Gasteiger partial charge < -0.3 is 10.6 Å². The fraction of sp³-hybridized carbons (Fsp3) is 0.500. The number of benzene rings is 1. The van der Waals surface area contributed by atoms with E-state index in [0.717, 1.165) is 6.42 Å². The van der Waals surface area contributed by atoms with Gasteiger partial charge >= 0.3 is 0 Å². The minimum atomic E-state index is -0.566. The van der Waals surface area contributed by atoms with Crippen LogP contribution in [-0.2, 0) is 0 Å². The van der Waals surface area contributed by atoms with Crippen molar-refractivity contribution in [1.29, 1.82) is 0 Å². The first kappa shape index (κ1) is 14.5. The van der Waals surface area contributed by atoms with Gasteiger partial charge in [0.1, 0.15) is 5.82 Å². The summed E-state index contributed by atoms with van der Waals surface area (Å²) in [6, 6.07) is 4.23. The third-order valence-electron chi connectivity index (χ3n) is 3.02. The predicted octanol–water partition coefficient (Wildman–Crippen LogP) is 2.91. The zero-order valence-electron chi connectivity index (χ0n) is 11.4. The molecular weight excluding hydrogens is 231 g/mol. The number of hydrogen-bond acceptors (Lipinski definition) is 2. The number of nitrogen functional groups attached to an aromatic ring is 1. The molecule has 1 atom stereocenters. The van der Waals surface area contributed by atoms with E-state index in [1.807, 2.05) is 6.92 Å². The molecule has 0 aliphatic carbocycles. The topological polar surface area (TPSA) is 46.3 Å². The van der Waals surface area contributed by atoms with Gasteiger partial charge in [-0.3, -0.25) is 4.79 Å². The Morgan fingerprint density at radius 2 is 2.00 bits per heavy atom. The van der Waals surface area contributed by atoms with Crippen molar-refractivity contribution < 1.29 is 9.18 Å². The van der Waals surface area contributed by atoms with Gasteiger partial charge in [0.25, 0.3) is 5.91 Å². The summed E-state index contributed by atoms with van der Waals surface area (Å²) in [4.78, 5) is 13.7. The van der Waals surface area contributed by atoms with E-state index in [-0.39, 0.29) is 17.5 Å². The molecule has 0 bridgehead atoms. The third-order valence-corrected chi connectivity index (χ3v) is 3.02. The van der Waals surface area contributed by atoms with Gasteiger partial charge in [-0.05, 0) is 37.5 Å². The van der Waals surface area contributed by atoms with Gasteiger partial charge in [-0.2, -0.15) is 0 Å². The maximum Gasteiger partial charge on any atom is 0.256 e. The van der Waals surface area contributed by atoms with Crippen molar-refractivity contribution in [2.24, 2.45) is 5.92 Å². The zero-order valence-corrected chi connectivity index (χ0v) is 11.4. The summed E-state index contributed by atoms with van der Waals surface area (Å²) in [5.74, 6) is -0.379. The number of hydrogen-bond donors (Lipinski definition) is 1. The molecule has 1 rings (SSSR count). The molecule has 0 radical (unpaired) electrons. The van der Waals surface area contributed by atoms with E-state index in [4.69, 9.17) is 5.73 Å². The Kier molecular flexibility index (Phi) is 4.70. The molecule has 2 N–H and O–H groups in total. The van der Waals surface area contributed by atoms with Crippen molar-refractivity contribution >= 4 is 11.6 Å². The minimum absolute atomic E-state index is 0.0716. The number of anilines is 1. The number of rotatable bonds is 4. The van der Waals surface area contributed by atoms with Crippen LogP contribution in [0.4, 0.5) is 10.1 Å². The molecule has 0 aliphatic rings. The third kappa shape index (κ3) is 3.45. The predicted molar refractivity (Wildman–Crippen MR) is 71.8 cm³/mol. The van der Waals surface area contributed by atoms with Crippen LogP contribution in [0.25, 0.3) is 0 Å². The van der Waals surface area contributed by atoms with Crippen LogP contribution in [0.1, 0.15) is 37.6 Å². The molecule has 1 amide bonds. The summed E-state index contributed by atoms with van der Waals surface area (Å²) in [7, 11) is 1.70. The molecule has 1 aromatic carbocycles. The Morgan fingerprint density at radius 3 is 2.50 bits per heavy atom. The van der Waals surface area contributed by atoms with Crippen molar-refractivity contribution in [1.82, 2.24) is 4.90 Å². The van der Waals surface area contributed by atoms with Crippen LogP contribution in [-0.4, -0.2) is 23.9 Å². The average Bonchev–Trinajstić information content (AvgIpc) is 2.26. The van der Waals surface area contributed by atoms with Crippen molar-refractivity contribution in [2.75, 3.05) is 12.8 Å². The Bertz CT molecular complexity index is 432. The molecule has 0 fully saturated rings. The second kappa shape index (κ2) is 5.85. The summed E-state index contributed by atoms with van der Waals surface area (Å²) in [5, 5.41) is 0. The van der Waals surface area contributed by atoms with Crippen LogP contribution in [0.5, 0.6) is 0 Å². The zero-order chi connectivity index (χ0) is 13.9. The number of halogens is 1. The minimum Gasteiger partial charge on any atom is -0.399 e. The highest BCUT2D eigenvalue weighted by Gasteiger charge is 2.20. The molecule has 18 heavy (non-hydrogen) atoms. The molecule has 0 aromatic heterocycles. The largest absolute Gasteiger partial charge is 0.399 e. The van der Waals surface area contributed by atoms with Crippen molar-refractivity contribution in [3.8, 4) is 0 Å². The van der Waals surface area contributed by atoms with E-state index >= 15 is 0 Å². The van der Waals surface area contributed by atoms with Gasteiger partial charge in [-0.25, -0.2) is 4.39 Å². The number of nitrogens with two attached hydrogens (primary N) is 1. The van der Waals surface area contributed by atoms with Crippen molar-refractivity contribution in [2.45, 2.75) is 33.2 Å². The van der Waals surface area contributed by atoms with Crippen molar-refractivity contribution in [3.05, 3.63) is 29.6 Å². The van der Waals surface area contributed by atoms with Crippen LogP contribution in [0.2, 0.25) is 0 Å². The highest BCUT2D eigenvalue weighted by molar-refractivity contribution is 5.94. The first-order chi connectivity index (χ1) is 8.32. The van der Waals surface area contributed by atoms with Crippen LogP contribution in [0.3, 0.4) is 0 Å². The normalized spacial score (nSPS) is 12.6. The lowest BCUT2D eigenvalue weighted by atomic mass is 10.0. The van der Waals surface area contributed by atoms with Crippen LogP contribution < -0.4 is 5.73 Å². The smallest absolute Gasteiger partial charge is 0.256 e. The lowest BCUT2D eigenvalue weighted by Gasteiger charge is -2.26. The number of carbonyl (C=O) groups is 1. The summed E-state index contributed by atoms with van der Waals surface area (Å²) in [5.41, 5.74) is 5.86. The van der Waals surface area contributed by atoms with Gasteiger partial charge in [0, 0.05) is 18.8 Å². The molecule has 0 aliphatic heterocycles. The van der Waals surface area contributed by atoms with Gasteiger partial charge in [0.2, 0.25) is 0 Å². The molecule has 0 heterocycles. The molecule has 0 spiro atoms. The summed E-state index contributed by atoms with van der Waals surface area (Å²) >= 11 is 0. The van der Waals surface area contributed by atoms with Gasteiger partial charge in [0.05, 0.1) is 5.56 Å². The fourth-order valence-corrected chi connectivity index (χ4v) is 1.94. The van der Waals surface area contributed by atoms with Gasteiger partial charge in [-0.1, -0.05) is 13.8 Å². The molecule has 0 saturated carbocycles. The quantitative estimate of drug-likeness (QED) is 0.837. The molecule has 0 saturated heterocycles. The molecular formula is C14H21FN2O. The molecule has 3 nitrogen and oxygen atoms in total. The SMILES string of the molecule is CC(C)CC(C)N(C)C(=O)c1ccc(N)cc1F. The molecule has 1 aromatic rings. The molecule has 1 unspecified atom stereocenters. The first-order valence-electron chi connectivity index (χ1n) is 6.15. The summed E-state index contributed by atoms with van der Waals surface area (Å²) in [6.45, 7) is 6.16. The summed E-state index contributed by atoms with van der Waals surface area (Å²) in [6.07, 6.45) is 0.888. The second-order valence-corrected chi connectivity index (χ2v) is 5.13. The molecule has 4 heteroatoms. The average molecular weight is 252 g/mol. The van der Waals surface area contributed by atoms with Gasteiger partial charge in [0.15, 0.2) is 0 Å². The van der Waals surface area contributed by atoms with E-state index in [9.17, 15) is 9.18 Å². The van der Waals surface area contributed by atoms with E-state index in [1.165, 1.54) is 18.2 Å². The van der Waals surface area contributed by atoms with E-state index in [2.05, 4.69) is 13.8 Å². The Balaban J connectivity index is 2.86. The van der Waals surface area contributed by atoms with Crippen molar-refractivity contribution in [3.63, 3.8) is 0 Å². The summed E-state index contributed by atoms with van der Waals surface area (Å²) < 4.78 is 13.7. The van der Waals surface area contributed by atoms with E-state index in [0.29, 0.717) is 11.6 Å². The fourth-order valence-electron chi connectivity index (χ4n) is 1.94. The lowest BCUT2D eigenvalue weighted by molar-refractivity contribution is 0.0723. The second-order valence-electron chi connectivity index (χ2n) is 5.13. The van der Waals surface area contributed by atoms with Gasteiger partial charge in [-0.15, -0.1) is 0 Å². The maximum atomic E-state index is 13.7. The standard InChI is InChI=1S/C14H21FN2O/c1-9(2)7-10(3)17(4)14(18)12-6-5-11(16)8-13(12)15/h5-6,8-10H,7,16H2,1-4H3. The monoisotopic (exact) mass is 252 g/mol. The van der Waals surface area contributed by atoms with E-state index in [1.54, 1.807) is 11.9 Å². The van der Waals surface area contributed by atoms with E-state index < -0.39 is 5.82 Å². The van der Waals surface area contributed by atoms with Crippen LogP contribution in [0, 0.1) is 11.7 Å². The van der Waals surface area contributed by atoms with Crippen LogP contribution in [0.15, 0.2) is 18.2 Å². The number of carbonyl (C=O) groups excluding carboxylic acids is 1. The molecule has 100 valence electrons. The lowest BCUT2D eigenvalue weighted by Crippen LogP contribution is -2.36. The Hall–Kier alpha value is -1.58. The number of amides is 1. The van der Waals surface area contributed by atoms with Crippen LogP contribution >= 0.6 is 0 Å². The maximum absolute atomic E-state index is 13.7. The Labute approximate surface area is 108 Å². The highest BCUT2D eigenvalue weighted by Crippen LogP contribution is 2.17. The Morgan fingerprint density at radius 1 is 1.39 bits per heavy atom. The first-order valence-corrected chi connectivity index (χ1v) is 6.15. The number of nitrogens with zero attached hydrogens (tertiary/aromatic N) is 1. The highest BCUT2D eigenvalue weighted by atomic mass is 19.1.